The fourth-order valence-electron chi connectivity index (χ4n) is 1.74. The SMILES string of the molecule is CCCS(=O)(=O)Nc1nc(-c2ccc(CN)s2)c(C)s1. The molecule has 0 saturated heterocycles. The molecule has 20 heavy (non-hydrogen) atoms. The molecule has 0 aliphatic carbocycles. The monoisotopic (exact) mass is 331 g/mol. The van der Waals surface area contributed by atoms with Gasteiger partial charge in [0.05, 0.1) is 16.3 Å². The Balaban J connectivity index is 2.26. The number of thiophene rings is 1. The fourth-order valence-corrected chi connectivity index (χ4v) is 4.91. The zero-order chi connectivity index (χ0) is 14.8. The summed E-state index contributed by atoms with van der Waals surface area (Å²) in [4.78, 5) is 7.48. The zero-order valence-corrected chi connectivity index (χ0v) is 13.8. The van der Waals surface area contributed by atoms with Crippen molar-refractivity contribution in [2.24, 2.45) is 5.73 Å². The molecule has 0 aliphatic rings. The number of nitrogens with one attached hydrogen (secondary N) is 1. The quantitative estimate of drug-likeness (QED) is 0.852. The van der Waals surface area contributed by atoms with Crippen LogP contribution < -0.4 is 10.5 Å². The van der Waals surface area contributed by atoms with Gasteiger partial charge in [0.15, 0.2) is 5.13 Å². The van der Waals surface area contributed by atoms with Gasteiger partial charge in [-0.05, 0) is 25.5 Å². The average Bonchev–Trinajstić information content (AvgIpc) is 2.94. The van der Waals surface area contributed by atoms with Gasteiger partial charge >= 0.3 is 0 Å². The molecule has 0 atom stereocenters. The minimum Gasteiger partial charge on any atom is -0.326 e. The van der Waals surface area contributed by atoms with E-state index in [4.69, 9.17) is 5.73 Å². The molecule has 110 valence electrons. The second kappa shape index (κ2) is 6.21. The average molecular weight is 331 g/mol. The van der Waals surface area contributed by atoms with Crippen molar-refractivity contribution in [3.05, 3.63) is 21.9 Å². The summed E-state index contributed by atoms with van der Waals surface area (Å²) in [6, 6.07) is 3.94. The molecule has 0 unspecified atom stereocenters. The maximum Gasteiger partial charge on any atom is 0.234 e. The van der Waals surface area contributed by atoms with Crippen molar-refractivity contribution in [1.82, 2.24) is 4.98 Å². The second-order valence-electron chi connectivity index (χ2n) is 4.31. The number of aryl methyl sites for hydroxylation is 1. The highest BCUT2D eigenvalue weighted by Crippen LogP contribution is 2.34. The predicted octanol–water partition coefficient (Wildman–Crippen LogP) is 2.79. The smallest absolute Gasteiger partial charge is 0.234 e. The van der Waals surface area contributed by atoms with Gasteiger partial charge < -0.3 is 5.73 Å². The van der Waals surface area contributed by atoms with Crippen LogP contribution in [0.5, 0.6) is 0 Å². The van der Waals surface area contributed by atoms with Gasteiger partial charge in [0.1, 0.15) is 0 Å². The predicted molar refractivity (Wildman–Crippen MR) is 85.8 cm³/mol. The molecule has 2 aromatic rings. The van der Waals surface area contributed by atoms with E-state index in [1.807, 2.05) is 26.0 Å². The van der Waals surface area contributed by atoms with E-state index in [-0.39, 0.29) is 5.75 Å². The van der Waals surface area contributed by atoms with E-state index in [9.17, 15) is 8.42 Å². The van der Waals surface area contributed by atoms with Crippen molar-refractivity contribution < 1.29 is 8.42 Å². The standard InChI is InChI=1S/C12H17N3O2S3/c1-3-6-20(16,17)15-12-14-11(8(2)18-12)10-5-4-9(7-13)19-10/h4-5H,3,6-7,13H2,1-2H3,(H,14,15). The van der Waals surface area contributed by atoms with Gasteiger partial charge in [-0.1, -0.05) is 6.92 Å². The first-order valence-corrected chi connectivity index (χ1v) is 9.50. The van der Waals surface area contributed by atoms with Crippen LogP contribution in [0.2, 0.25) is 0 Å². The summed E-state index contributed by atoms with van der Waals surface area (Å²) in [5.74, 6) is 0.108. The molecule has 2 heterocycles. The lowest BCUT2D eigenvalue weighted by molar-refractivity contribution is 0.600. The minimum absolute atomic E-state index is 0.108. The molecule has 0 amide bonds. The number of nitrogens with two attached hydrogens (primary N) is 1. The summed E-state index contributed by atoms with van der Waals surface area (Å²) in [5, 5.41) is 0.425. The summed E-state index contributed by atoms with van der Waals surface area (Å²) in [6.45, 7) is 4.27. The molecule has 5 nitrogen and oxygen atoms in total. The summed E-state index contributed by atoms with van der Waals surface area (Å²) in [7, 11) is -3.29. The third-order valence-electron chi connectivity index (χ3n) is 2.61. The topological polar surface area (TPSA) is 85.1 Å². The Morgan fingerprint density at radius 2 is 2.10 bits per heavy atom. The Bertz CT molecular complexity index is 689. The number of rotatable bonds is 6. The van der Waals surface area contributed by atoms with Gasteiger partial charge in [-0.15, -0.1) is 22.7 Å². The van der Waals surface area contributed by atoms with E-state index in [1.165, 1.54) is 11.3 Å². The van der Waals surface area contributed by atoms with Crippen molar-refractivity contribution in [3.63, 3.8) is 0 Å². The Hall–Kier alpha value is -0.960. The maximum atomic E-state index is 11.7. The molecule has 0 aromatic carbocycles. The number of hydrogen-bond acceptors (Lipinski definition) is 6. The molecule has 0 aliphatic heterocycles. The lowest BCUT2D eigenvalue weighted by Gasteiger charge is -2.01. The molecule has 2 aromatic heterocycles. The van der Waals surface area contributed by atoms with Crippen LogP contribution in [0.15, 0.2) is 12.1 Å². The Morgan fingerprint density at radius 3 is 2.70 bits per heavy atom. The number of thiazole rings is 1. The molecule has 2 rings (SSSR count). The lowest BCUT2D eigenvalue weighted by Crippen LogP contribution is -2.15. The zero-order valence-electron chi connectivity index (χ0n) is 11.3. The normalized spacial score (nSPS) is 11.8. The van der Waals surface area contributed by atoms with E-state index in [0.717, 1.165) is 20.3 Å². The van der Waals surface area contributed by atoms with Crippen LogP contribution in [0.4, 0.5) is 5.13 Å². The number of aromatic nitrogens is 1. The maximum absolute atomic E-state index is 11.7. The van der Waals surface area contributed by atoms with Crippen LogP contribution in [0.3, 0.4) is 0 Å². The van der Waals surface area contributed by atoms with Gasteiger partial charge in [-0.25, -0.2) is 13.4 Å². The summed E-state index contributed by atoms with van der Waals surface area (Å²) in [5.41, 5.74) is 6.43. The van der Waals surface area contributed by atoms with Crippen molar-refractivity contribution in [3.8, 4) is 10.6 Å². The van der Waals surface area contributed by atoms with Crippen LogP contribution >= 0.6 is 22.7 Å². The number of hydrogen-bond donors (Lipinski definition) is 2. The molecule has 0 fully saturated rings. The Morgan fingerprint density at radius 1 is 1.35 bits per heavy atom. The van der Waals surface area contributed by atoms with Crippen LogP contribution in [-0.2, 0) is 16.6 Å². The number of nitrogens with zero attached hydrogens (tertiary/aromatic N) is 1. The Labute approximate surface area is 126 Å². The van der Waals surface area contributed by atoms with E-state index < -0.39 is 10.0 Å². The third kappa shape index (κ3) is 3.57. The van der Waals surface area contributed by atoms with Gasteiger partial charge in [0, 0.05) is 16.3 Å². The van der Waals surface area contributed by atoms with Gasteiger partial charge in [-0.2, -0.15) is 0 Å². The van der Waals surface area contributed by atoms with Gasteiger partial charge in [0.25, 0.3) is 0 Å². The van der Waals surface area contributed by atoms with E-state index in [2.05, 4.69) is 9.71 Å². The van der Waals surface area contributed by atoms with Crippen molar-refractivity contribution in [2.45, 2.75) is 26.8 Å². The van der Waals surface area contributed by atoms with Crippen LogP contribution in [0.1, 0.15) is 23.1 Å². The molecule has 0 spiro atoms. The highest BCUT2D eigenvalue weighted by Gasteiger charge is 2.16. The number of anilines is 1. The largest absolute Gasteiger partial charge is 0.326 e. The summed E-state index contributed by atoms with van der Waals surface area (Å²) < 4.78 is 26.0. The van der Waals surface area contributed by atoms with Crippen LogP contribution in [0.25, 0.3) is 10.6 Å². The molecule has 0 saturated carbocycles. The number of sulfonamides is 1. The molecule has 0 radical (unpaired) electrons. The molecular weight excluding hydrogens is 314 g/mol. The molecular formula is C12H17N3O2S3. The molecule has 8 heteroatoms. The lowest BCUT2D eigenvalue weighted by atomic mass is 10.3. The van der Waals surface area contributed by atoms with E-state index in [1.54, 1.807) is 11.3 Å². The minimum atomic E-state index is -3.29. The highest BCUT2D eigenvalue weighted by atomic mass is 32.2. The van der Waals surface area contributed by atoms with Crippen molar-refractivity contribution in [2.75, 3.05) is 10.5 Å². The van der Waals surface area contributed by atoms with Crippen molar-refractivity contribution >= 4 is 37.8 Å². The molecule has 3 N–H and O–H groups in total. The summed E-state index contributed by atoms with van der Waals surface area (Å²) in [6.07, 6.45) is 0.581. The van der Waals surface area contributed by atoms with Crippen LogP contribution in [-0.4, -0.2) is 19.2 Å². The third-order valence-corrected chi connectivity index (χ3v) is 6.19. The first kappa shape index (κ1) is 15.4. The van der Waals surface area contributed by atoms with E-state index >= 15 is 0 Å². The second-order valence-corrected chi connectivity index (χ2v) is 8.53. The van der Waals surface area contributed by atoms with E-state index in [0.29, 0.717) is 18.1 Å². The van der Waals surface area contributed by atoms with Gasteiger partial charge in [-0.3, -0.25) is 4.72 Å². The first-order chi connectivity index (χ1) is 9.45. The van der Waals surface area contributed by atoms with Crippen LogP contribution in [0, 0.1) is 6.92 Å². The first-order valence-electron chi connectivity index (χ1n) is 6.22. The Kier molecular flexibility index (Phi) is 4.79. The fraction of sp³-hybridized carbons (Fsp3) is 0.417. The highest BCUT2D eigenvalue weighted by molar-refractivity contribution is 7.92. The summed E-state index contributed by atoms with van der Waals surface area (Å²) >= 11 is 2.94. The molecule has 0 bridgehead atoms. The van der Waals surface area contributed by atoms with Crippen molar-refractivity contribution in [1.29, 1.82) is 0 Å². The van der Waals surface area contributed by atoms with Gasteiger partial charge in [0.2, 0.25) is 10.0 Å².